The fourth-order valence-electron chi connectivity index (χ4n) is 2.48. The summed E-state index contributed by atoms with van der Waals surface area (Å²) in [6.45, 7) is 5.92. The van der Waals surface area contributed by atoms with Crippen LogP contribution < -0.4 is 5.32 Å². The molecule has 1 N–H and O–H groups in total. The van der Waals surface area contributed by atoms with E-state index in [4.69, 9.17) is 9.47 Å². The molecule has 1 aliphatic rings. The van der Waals surface area contributed by atoms with E-state index in [0.29, 0.717) is 6.10 Å². The van der Waals surface area contributed by atoms with Crippen molar-refractivity contribution >= 4 is 5.97 Å². The highest BCUT2D eigenvalue weighted by Gasteiger charge is 2.23. The first-order chi connectivity index (χ1) is 9.21. The van der Waals surface area contributed by atoms with Gasteiger partial charge in [0.05, 0.1) is 13.2 Å². The minimum atomic E-state index is -0.187. The average Bonchev–Trinajstić information content (AvgIpc) is 2.46. The van der Waals surface area contributed by atoms with E-state index in [1.54, 1.807) is 7.11 Å². The zero-order chi connectivity index (χ0) is 14.1. The van der Waals surface area contributed by atoms with Crippen LogP contribution in [0.2, 0.25) is 0 Å². The Balaban J connectivity index is 2.35. The number of carbonyl (C=O) groups is 1. The van der Waals surface area contributed by atoms with Crippen molar-refractivity contribution in [2.24, 2.45) is 0 Å². The van der Waals surface area contributed by atoms with Crippen LogP contribution in [-0.2, 0) is 14.3 Å². The van der Waals surface area contributed by atoms with Crippen LogP contribution in [0.4, 0.5) is 0 Å². The summed E-state index contributed by atoms with van der Waals surface area (Å²) in [5, 5.41) is 3.25. The van der Waals surface area contributed by atoms with Gasteiger partial charge in [-0.3, -0.25) is 4.79 Å². The lowest BCUT2D eigenvalue weighted by molar-refractivity contribution is -0.143. The molecule has 0 amide bonds. The monoisotopic (exact) mass is 272 g/mol. The molecule has 0 aromatic rings. The summed E-state index contributed by atoms with van der Waals surface area (Å²) in [7, 11) is 3.22. The Morgan fingerprint density at radius 3 is 2.89 bits per heavy atom. The summed E-state index contributed by atoms with van der Waals surface area (Å²) < 4.78 is 10.3. The van der Waals surface area contributed by atoms with Gasteiger partial charge in [0.2, 0.25) is 0 Å². The molecule has 1 rings (SSSR count). The van der Waals surface area contributed by atoms with Crippen LogP contribution in [0.25, 0.3) is 0 Å². The van der Waals surface area contributed by atoms with E-state index in [1.165, 1.54) is 13.5 Å². The molecule has 0 aliphatic carbocycles. The summed E-state index contributed by atoms with van der Waals surface area (Å²) in [6.07, 6.45) is 4.46. The summed E-state index contributed by atoms with van der Waals surface area (Å²) in [5.74, 6) is -0.159. The number of nitrogens with zero attached hydrogens (tertiary/aromatic N) is 1. The maximum Gasteiger partial charge on any atom is 0.322 e. The van der Waals surface area contributed by atoms with Gasteiger partial charge < -0.3 is 19.7 Å². The quantitative estimate of drug-likeness (QED) is 0.669. The van der Waals surface area contributed by atoms with Crippen LogP contribution in [0.5, 0.6) is 0 Å². The number of hydrogen-bond acceptors (Lipinski definition) is 5. The lowest BCUT2D eigenvalue weighted by Crippen LogP contribution is -2.44. The number of rotatable bonds is 8. The van der Waals surface area contributed by atoms with Gasteiger partial charge in [-0.15, -0.1) is 0 Å². The van der Waals surface area contributed by atoms with Crippen molar-refractivity contribution in [1.82, 2.24) is 10.2 Å². The number of esters is 1. The van der Waals surface area contributed by atoms with Gasteiger partial charge in [0.1, 0.15) is 6.04 Å². The predicted octanol–water partition coefficient (Wildman–Crippen LogP) is 1.03. The Kier molecular flexibility index (Phi) is 8.02. The molecule has 2 atom stereocenters. The Hall–Kier alpha value is -0.650. The normalized spacial score (nSPS) is 22.2. The SMILES string of the molecule is CCCNC(CCN1CCCC(OC)C1)C(=O)OC. The van der Waals surface area contributed by atoms with Crippen molar-refractivity contribution in [2.45, 2.75) is 44.8 Å². The van der Waals surface area contributed by atoms with E-state index in [9.17, 15) is 4.79 Å². The maximum absolute atomic E-state index is 11.7. The van der Waals surface area contributed by atoms with Gasteiger partial charge in [-0.05, 0) is 38.8 Å². The fourth-order valence-corrected chi connectivity index (χ4v) is 2.48. The van der Waals surface area contributed by atoms with Crippen LogP contribution in [0.1, 0.15) is 32.6 Å². The molecule has 1 heterocycles. The highest BCUT2D eigenvalue weighted by atomic mass is 16.5. The smallest absolute Gasteiger partial charge is 0.322 e. The predicted molar refractivity (Wildman–Crippen MR) is 75.2 cm³/mol. The van der Waals surface area contributed by atoms with Crippen molar-refractivity contribution < 1.29 is 14.3 Å². The second-order valence-corrected chi connectivity index (χ2v) is 5.12. The molecule has 1 fully saturated rings. The van der Waals surface area contributed by atoms with Crippen LogP contribution in [-0.4, -0.2) is 63.4 Å². The summed E-state index contributed by atoms with van der Waals surface area (Å²) in [4.78, 5) is 14.1. The zero-order valence-corrected chi connectivity index (χ0v) is 12.5. The third-order valence-corrected chi connectivity index (χ3v) is 3.66. The fraction of sp³-hybridized carbons (Fsp3) is 0.929. The lowest BCUT2D eigenvalue weighted by atomic mass is 10.1. The van der Waals surface area contributed by atoms with E-state index in [-0.39, 0.29) is 12.0 Å². The van der Waals surface area contributed by atoms with E-state index < -0.39 is 0 Å². The summed E-state index contributed by atoms with van der Waals surface area (Å²) in [5.41, 5.74) is 0. The van der Waals surface area contributed by atoms with E-state index in [1.807, 2.05) is 0 Å². The highest BCUT2D eigenvalue weighted by molar-refractivity contribution is 5.75. The molecule has 0 aromatic carbocycles. The second kappa shape index (κ2) is 9.28. The minimum absolute atomic E-state index is 0.159. The molecule has 19 heavy (non-hydrogen) atoms. The van der Waals surface area contributed by atoms with Gasteiger partial charge in [-0.25, -0.2) is 0 Å². The largest absolute Gasteiger partial charge is 0.468 e. The number of ether oxygens (including phenoxy) is 2. The Bertz CT molecular complexity index is 261. The van der Waals surface area contributed by atoms with Gasteiger partial charge in [0.15, 0.2) is 0 Å². The Morgan fingerprint density at radius 1 is 1.47 bits per heavy atom. The number of carbonyl (C=O) groups excluding carboxylic acids is 1. The molecule has 1 aliphatic heterocycles. The third kappa shape index (κ3) is 5.89. The summed E-state index contributed by atoms with van der Waals surface area (Å²) in [6, 6.07) is -0.187. The highest BCUT2D eigenvalue weighted by Crippen LogP contribution is 2.13. The van der Waals surface area contributed by atoms with Crippen molar-refractivity contribution in [1.29, 1.82) is 0 Å². The number of likely N-dealkylation sites (tertiary alicyclic amines) is 1. The van der Waals surface area contributed by atoms with Crippen molar-refractivity contribution in [3.8, 4) is 0 Å². The first-order valence-electron chi connectivity index (χ1n) is 7.27. The van der Waals surface area contributed by atoms with Crippen molar-refractivity contribution in [3.05, 3.63) is 0 Å². The van der Waals surface area contributed by atoms with Crippen LogP contribution in [0, 0.1) is 0 Å². The third-order valence-electron chi connectivity index (χ3n) is 3.66. The molecule has 0 spiro atoms. The number of nitrogens with one attached hydrogen (secondary N) is 1. The second-order valence-electron chi connectivity index (χ2n) is 5.12. The molecular formula is C14H28N2O3. The van der Waals surface area contributed by atoms with E-state index in [0.717, 1.165) is 45.4 Å². The average molecular weight is 272 g/mol. The zero-order valence-electron chi connectivity index (χ0n) is 12.5. The van der Waals surface area contributed by atoms with E-state index >= 15 is 0 Å². The van der Waals surface area contributed by atoms with Crippen LogP contribution in [0.15, 0.2) is 0 Å². The first kappa shape index (κ1) is 16.4. The molecule has 112 valence electrons. The van der Waals surface area contributed by atoms with Gasteiger partial charge in [-0.1, -0.05) is 6.92 Å². The van der Waals surface area contributed by atoms with Gasteiger partial charge >= 0.3 is 5.97 Å². The molecule has 5 heteroatoms. The van der Waals surface area contributed by atoms with Gasteiger partial charge in [0.25, 0.3) is 0 Å². The first-order valence-corrected chi connectivity index (χ1v) is 7.27. The molecule has 0 saturated carbocycles. The maximum atomic E-state index is 11.7. The number of methoxy groups -OCH3 is 2. The summed E-state index contributed by atoms with van der Waals surface area (Å²) >= 11 is 0. The van der Waals surface area contributed by atoms with Gasteiger partial charge in [-0.2, -0.15) is 0 Å². The van der Waals surface area contributed by atoms with Crippen molar-refractivity contribution in [3.63, 3.8) is 0 Å². The van der Waals surface area contributed by atoms with Crippen LogP contribution >= 0.6 is 0 Å². The molecule has 5 nitrogen and oxygen atoms in total. The molecule has 1 saturated heterocycles. The van der Waals surface area contributed by atoms with E-state index in [2.05, 4.69) is 17.1 Å². The molecule has 0 aromatic heterocycles. The van der Waals surface area contributed by atoms with Crippen molar-refractivity contribution in [2.75, 3.05) is 40.4 Å². The molecular weight excluding hydrogens is 244 g/mol. The van der Waals surface area contributed by atoms with Crippen LogP contribution in [0.3, 0.4) is 0 Å². The number of hydrogen-bond donors (Lipinski definition) is 1. The Morgan fingerprint density at radius 2 is 2.26 bits per heavy atom. The topological polar surface area (TPSA) is 50.8 Å². The molecule has 0 radical (unpaired) electrons. The standard InChI is InChI=1S/C14H28N2O3/c1-4-8-15-13(14(17)19-3)7-10-16-9-5-6-12(11-16)18-2/h12-13,15H,4-11H2,1-3H3. The lowest BCUT2D eigenvalue weighted by Gasteiger charge is -2.32. The Labute approximate surface area is 116 Å². The number of piperidine rings is 1. The molecule has 0 bridgehead atoms. The molecule has 2 unspecified atom stereocenters. The minimum Gasteiger partial charge on any atom is -0.468 e. The van der Waals surface area contributed by atoms with Gasteiger partial charge in [0, 0.05) is 20.2 Å².